The number of piperazine rings is 1. The summed E-state index contributed by atoms with van der Waals surface area (Å²) in [5.74, 6) is 1.91. The smallest absolute Gasteiger partial charge is 0.225 e. The largest absolute Gasteiger partial charge is 0.360 e. The molecule has 164 valence electrons. The second kappa shape index (κ2) is 9.42. The lowest BCUT2D eigenvalue weighted by Gasteiger charge is -2.35. The molecule has 0 aliphatic carbocycles. The first-order valence-corrected chi connectivity index (χ1v) is 11.3. The van der Waals surface area contributed by atoms with Crippen molar-refractivity contribution in [2.24, 2.45) is 0 Å². The van der Waals surface area contributed by atoms with Crippen molar-refractivity contribution in [2.75, 3.05) is 36.4 Å². The van der Waals surface area contributed by atoms with Crippen molar-refractivity contribution in [1.82, 2.24) is 20.0 Å². The summed E-state index contributed by atoms with van der Waals surface area (Å²) < 4.78 is 4.92. The summed E-state index contributed by atoms with van der Waals surface area (Å²) in [6, 6.07) is 3.84. The fraction of sp³-hybridized carbons (Fsp3) is 0.476. The minimum absolute atomic E-state index is 0.0846. The summed E-state index contributed by atoms with van der Waals surface area (Å²) in [5.41, 5.74) is 0. The van der Waals surface area contributed by atoms with Crippen LogP contribution in [0.25, 0.3) is 10.2 Å². The van der Waals surface area contributed by atoms with E-state index in [2.05, 4.69) is 38.3 Å². The van der Waals surface area contributed by atoms with Crippen LogP contribution in [0.2, 0.25) is 0 Å². The zero-order valence-corrected chi connectivity index (χ0v) is 18.6. The summed E-state index contributed by atoms with van der Waals surface area (Å²) in [6.45, 7) is 6.68. The van der Waals surface area contributed by atoms with Gasteiger partial charge in [-0.2, -0.15) is 0 Å². The molecule has 0 atom stereocenters. The lowest BCUT2D eigenvalue weighted by Crippen LogP contribution is -2.49. The normalized spacial score (nSPS) is 14.3. The second-order valence-electron chi connectivity index (χ2n) is 7.57. The number of nitrogens with zero attached hydrogens (tertiary/aromatic N) is 5. The van der Waals surface area contributed by atoms with Gasteiger partial charge in [-0.25, -0.2) is 9.97 Å². The first-order valence-electron chi connectivity index (χ1n) is 10.5. The first kappa shape index (κ1) is 21.2. The Labute approximate surface area is 184 Å². The van der Waals surface area contributed by atoms with E-state index in [1.54, 1.807) is 30.7 Å². The van der Waals surface area contributed by atoms with Crippen LogP contribution in [0, 0.1) is 6.92 Å². The Hall–Kier alpha value is -3.01. The van der Waals surface area contributed by atoms with Crippen LogP contribution in [0.3, 0.4) is 0 Å². The number of anilines is 2. The van der Waals surface area contributed by atoms with Crippen LogP contribution in [-0.4, -0.2) is 58.0 Å². The number of amides is 2. The molecule has 2 amide bonds. The molecular weight excluding hydrogens is 416 g/mol. The molecule has 3 aromatic heterocycles. The molecule has 10 heteroatoms. The maximum atomic E-state index is 12.6. The molecule has 0 bridgehead atoms. The monoisotopic (exact) mass is 442 g/mol. The van der Waals surface area contributed by atoms with Crippen molar-refractivity contribution in [3.05, 3.63) is 29.1 Å². The molecule has 0 unspecified atom stereocenters. The number of hydrogen-bond donors (Lipinski definition) is 1. The van der Waals surface area contributed by atoms with Gasteiger partial charge in [-0.05, 0) is 25.8 Å². The van der Waals surface area contributed by atoms with Gasteiger partial charge >= 0.3 is 0 Å². The Morgan fingerprint density at radius 1 is 1.16 bits per heavy atom. The van der Waals surface area contributed by atoms with Crippen LogP contribution in [0.5, 0.6) is 0 Å². The molecule has 31 heavy (non-hydrogen) atoms. The minimum atomic E-state index is -0.166. The molecule has 1 saturated heterocycles. The summed E-state index contributed by atoms with van der Waals surface area (Å²) in [6.07, 6.45) is 3.74. The third-order valence-corrected chi connectivity index (χ3v) is 6.52. The van der Waals surface area contributed by atoms with Gasteiger partial charge in [0.15, 0.2) is 5.82 Å². The minimum Gasteiger partial charge on any atom is -0.360 e. The molecule has 0 aromatic carbocycles. The van der Waals surface area contributed by atoms with Crippen LogP contribution < -0.4 is 10.2 Å². The van der Waals surface area contributed by atoms with Gasteiger partial charge in [-0.15, -0.1) is 11.3 Å². The van der Waals surface area contributed by atoms with Gasteiger partial charge in [0, 0.05) is 50.0 Å². The van der Waals surface area contributed by atoms with Crippen molar-refractivity contribution in [3.63, 3.8) is 0 Å². The van der Waals surface area contributed by atoms with E-state index in [-0.39, 0.29) is 18.2 Å². The van der Waals surface area contributed by atoms with Crippen molar-refractivity contribution in [1.29, 1.82) is 0 Å². The Morgan fingerprint density at radius 2 is 1.97 bits per heavy atom. The molecule has 0 saturated carbocycles. The molecule has 4 heterocycles. The van der Waals surface area contributed by atoms with Gasteiger partial charge in [-0.1, -0.05) is 12.1 Å². The number of carbonyl (C=O) groups is 2. The van der Waals surface area contributed by atoms with Crippen molar-refractivity contribution < 1.29 is 14.1 Å². The number of carbonyl (C=O) groups excluding carboxylic acids is 2. The second-order valence-corrected chi connectivity index (χ2v) is 8.69. The summed E-state index contributed by atoms with van der Waals surface area (Å²) in [7, 11) is 0. The molecule has 1 aliphatic heterocycles. The molecular formula is C21H26N6O3S. The molecule has 0 spiro atoms. The average molecular weight is 443 g/mol. The highest BCUT2D eigenvalue weighted by atomic mass is 32.1. The number of aryl methyl sites for hydroxylation is 2. The van der Waals surface area contributed by atoms with Gasteiger partial charge in [0.1, 0.15) is 22.7 Å². The topological polar surface area (TPSA) is 104 Å². The van der Waals surface area contributed by atoms with E-state index in [0.717, 1.165) is 35.5 Å². The van der Waals surface area contributed by atoms with E-state index in [0.29, 0.717) is 37.5 Å². The van der Waals surface area contributed by atoms with Crippen LogP contribution >= 0.6 is 11.3 Å². The van der Waals surface area contributed by atoms with E-state index in [4.69, 9.17) is 4.52 Å². The predicted octanol–water partition coefficient (Wildman–Crippen LogP) is 3.01. The number of thiophene rings is 1. The molecule has 1 aliphatic rings. The highest BCUT2D eigenvalue weighted by Crippen LogP contribution is 2.31. The Balaban J connectivity index is 1.24. The molecule has 1 fully saturated rings. The predicted molar refractivity (Wildman–Crippen MR) is 119 cm³/mol. The molecule has 0 radical (unpaired) electrons. The van der Waals surface area contributed by atoms with Gasteiger partial charge in [0.05, 0.1) is 5.39 Å². The fourth-order valence-corrected chi connectivity index (χ4v) is 4.61. The van der Waals surface area contributed by atoms with Crippen molar-refractivity contribution in [2.45, 2.75) is 39.5 Å². The van der Waals surface area contributed by atoms with Gasteiger partial charge in [-0.3, -0.25) is 9.59 Å². The molecule has 4 rings (SSSR count). The molecule has 1 N–H and O–H groups in total. The molecule has 3 aromatic rings. The number of fused-ring (bicyclic) bond motifs is 1. The molecule has 9 nitrogen and oxygen atoms in total. The Kier molecular flexibility index (Phi) is 6.45. The number of rotatable bonds is 7. The van der Waals surface area contributed by atoms with Crippen molar-refractivity contribution in [3.8, 4) is 0 Å². The highest BCUT2D eigenvalue weighted by Gasteiger charge is 2.23. The summed E-state index contributed by atoms with van der Waals surface area (Å²) in [4.78, 5) is 39.9. The highest BCUT2D eigenvalue weighted by molar-refractivity contribution is 7.18. The number of aromatic nitrogens is 3. The van der Waals surface area contributed by atoms with Crippen LogP contribution in [0.15, 0.2) is 23.0 Å². The van der Waals surface area contributed by atoms with E-state index >= 15 is 0 Å². The van der Waals surface area contributed by atoms with Crippen molar-refractivity contribution >= 4 is 45.0 Å². The first-order chi connectivity index (χ1) is 15.0. The van der Waals surface area contributed by atoms with E-state index in [1.807, 2.05) is 4.90 Å². The van der Waals surface area contributed by atoms with Gasteiger partial charge in [0.2, 0.25) is 11.8 Å². The number of hydrogen-bond acceptors (Lipinski definition) is 8. The fourth-order valence-electron chi connectivity index (χ4n) is 3.68. The summed E-state index contributed by atoms with van der Waals surface area (Å²) >= 11 is 1.71. The lowest BCUT2D eigenvalue weighted by molar-refractivity contribution is -0.131. The third kappa shape index (κ3) is 5.01. The number of nitrogens with one attached hydrogen (secondary N) is 1. The SMILES string of the molecule is CCc1cc2c(N3CCN(C(=O)CCCC(=O)Nc4cc(C)on4)CC3)ncnc2s1. The van der Waals surface area contributed by atoms with E-state index < -0.39 is 0 Å². The maximum Gasteiger partial charge on any atom is 0.225 e. The van der Waals surface area contributed by atoms with Crippen LogP contribution in [0.4, 0.5) is 11.6 Å². The zero-order valence-electron chi connectivity index (χ0n) is 17.8. The van der Waals surface area contributed by atoms with Gasteiger partial charge in [0.25, 0.3) is 0 Å². The third-order valence-electron chi connectivity index (χ3n) is 5.33. The Morgan fingerprint density at radius 3 is 2.68 bits per heavy atom. The van der Waals surface area contributed by atoms with Crippen LogP contribution in [-0.2, 0) is 16.0 Å². The quantitative estimate of drug-likeness (QED) is 0.600. The van der Waals surface area contributed by atoms with E-state index in [1.165, 1.54) is 4.88 Å². The van der Waals surface area contributed by atoms with E-state index in [9.17, 15) is 9.59 Å². The Bertz CT molecular complexity index is 1070. The van der Waals surface area contributed by atoms with Crippen LogP contribution in [0.1, 0.15) is 36.8 Å². The average Bonchev–Trinajstić information content (AvgIpc) is 3.39. The zero-order chi connectivity index (χ0) is 21.8. The maximum absolute atomic E-state index is 12.6. The van der Waals surface area contributed by atoms with Gasteiger partial charge < -0.3 is 19.6 Å². The lowest BCUT2D eigenvalue weighted by atomic mass is 10.2. The standard InChI is InChI=1S/C21H26N6O3S/c1-3-15-12-16-20(22-13-23-21(16)31-15)27-9-7-26(8-10-27)19(29)6-4-5-18(28)24-17-11-14(2)30-25-17/h11-13H,3-10H2,1-2H3,(H,24,25,28). The summed E-state index contributed by atoms with van der Waals surface area (Å²) in [5, 5.41) is 7.50.